The maximum absolute atomic E-state index is 12.9. The molecule has 2 N–H and O–H groups in total. The lowest BCUT2D eigenvalue weighted by Crippen LogP contribution is -2.14. The summed E-state index contributed by atoms with van der Waals surface area (Å²) in [5, 5.41) is 11.4. The van der Waals surface area contributed by atoms with Crippen LogP contribution in [0.2, 0.25) is 0 Å². The fraction of sp³-hybridized carbons (Fsp3) is 0.0714. The first-order valence-corrected chi connectivity index (χ1v) is 5.75. The van der Waals surface area contributed by atoms with E-state index in [-0.39, 0.29) is 11.3 Å². The van der Waals surface area contributed by atoms with E-state index in [2.05, 4.69) is 10.3 Å². The number of benzene rings is 1. The molecule has 0 aliphatic heterocycles. The minimum atomic E-state index is -1.04. The van der Waals surface area contributed by atoms with Crippen LogP contribution in [0.15, 0.2) is 36.4 Å². The Labute approximate surface area is 114 Å². The van der Waals surface area contributed by atoms with Gasteiger partial charge in [-0.05, 0) is 42.8 Å². The van der Waals surface area contributed by atoms with Gasteiger partial charge in [-0.2, -0.15) is 4.39 Å². The highest BCUT2D eigenvalue weighted by Crippen LogP contribution is 2.16. The number of carbonyl (C=O) groups is 2. The van der Waals surface area contributed by atoms with E-state index in [0.29, 0.717) is 11.3 Å². The number of hydrogen-bond acceptors (Lipinski definition) is 3. The second kappa shape index (κ2) is 5.48. The number of aryl methyl sites for hydroxylation is 1. The molecule has 20 heavy (non-hydrogen) atoms. The summed E-state index contributed by atoms with van der Waals surface area (Å²) in [6.45, 7) is 1.62. The zero-order valence-electron chi connectivity index (χ0n) is 10.6. The summed E-state index contributed by atoms with van der Waals surface area (Å²) in [5.41, 5.74) is 1.04. The van der Waals surface area contributed by atoms with Crippen LogP contribution in [0.25, 0.3) is 0 Å². The van der Waals surface area contributed by atoms with E-state index in [0.717, 1.165) is 6.07 Å². The van der Waals surface area contributed by atoms with E-state index >= 15 is 0 Å². The van der Waals surface area contributed by atoms with Gasteiger partial charge in [0.25, 0.3) is 5.91 Å². The van der Waals surface area contributed by atoms with Crippen LogP contribution in [0.5, 0.6) is 0 Å². The minimum absolute atomic E-state index is 0.0510. The number of pyridine rings is 1. The number of anilines is 1. The van der Waals surface area contributed by atoms with Crippen molar-refractivity contribution in [1.29, 1.82) is 0 Å². The number of halogens is 1. The lowest BCUT2D eigenvalue weighted by atomic mass is 10.1. The molecule has 2 rings (SSSR count). The predicted octanol–water partition coefficient (Wildman–Crippen LogP) is 2.48. The molecule has 2 aromatic rings. The van der Waals surface area contributed by atoms with Gasteiger partial charge in [0, 0.05) is 5.69 Å². The van der Waals surface area contributed by atoms with E-state index in [4.69, 9.17) is 5.11 Å². The Morgan fingerprint density at radius 3 is 2.60 bits per heavy atom. The van der Waals surface area contributed by atoms with Gasteiger partial charge in [0.2, 0.25) is 5.95 Å². The van der Waals surface area contributed by atoms with E-state index in [1.165, 1.54) is 30.3 Å². The number of carbonyl (C=O) groups excluding carboxylic acids is 1. The summed E-state index contributed by atoms with van der Waals surface area (Å²) < 4.78 is 12.9. The van der Waals surface area contributed by atoms with Crippen molar-refractivity contribution in [2.75, 3.05) is 5.32 Å². The highest BCUT2D eigenvalue weighted by atomic mass is 19.1. The number of amides is 1. The summed E-state index contributed by atoms with van der Waals surface area (Å²) >= 11 is 0. The van der Waals surface area contributed by atoms with E-state index in [1.807, 2.05) is 0 Å². The second-order valence-electron chi connectivity index (χ2n) is 4.13. The SMILES string of the molecule is Cc1cc(NC(=O)c2cccc(F)n2)ccc1C(=O)O. The summed E-state index contributed by atoms with van der Waals surface area (Å²) in [6.07, 6.45) is 0. The number of carboxylic acids is 1. The van der Waals surface area contributed by atoms with Crippen LogP contribution in [0, 0.1) is 12.9 Å². The van der Waals surface area contributed by atoms with Crippen LogP contribution in [0.3, 0.4) is 0 Å². The molecule has 1 amide bonds. The molecule has 0 spiro atoms. The van der Waals surface area contributed by atoms with Crippen LogP contribution in [-0.2, 0) is 0 Å². The van der Waals surface area contributed by atoms with Crippen molar-refractivity contribution in [2.45, 2.75) is 6.92 Å². The maximum atomic E-state index is 12.9. The van der Waals surface area contributed by atoms with Crippen LogP contribution in [-0.4, -0.2) is 22.0 Å². The lowest BCUT2D eigenvalue weighted by molar-refractivity contribution is 0.0696. The van der Waals surface area contributed by atoms with Crippen molar-refractivity contribution in [3.8, 4) is 0 Å². The summed E-state index contributed by atoms with van der Waals surface area (Å²) in [4.78, 5) is 26.2. The van der Waals surface area contributed by atoms with Crippen LogP contribution < -0.4 is 5.32 Å². The van der Waals surface area contributed by atoms with E-state index in [9.17, 15) is 14.0 Å². The number of aromatic carboxylic acids is 1. The highest BCUT2D eigenvalue weighted by Gasteiger charge is 2.11. The molecule has 0 radical (unpaired) electrons. The molecule has 0 fully saturated rings. The fourth-order valence-electron chi connectivity index (χ4n) is 1.71. The topological polar surface area (TPSA) is 79.3 Å². The van der Waals surface area contributed by atoms with Gasteiger partial charge >= 0.3 is 5.97 Å². The first kappa shape index (κ1) is 13.7. The van der Waals surface area contributed by atoms with Crippen molar-refractivity contribution >= 4 is 17.6 Å². The normalized spacial score (nSPS) is 10.1. The molecule has 1 heterocycles. The summed E-state index contributed by atoms with van der Waals surface area (Å²) in [6, 6.07) is 8.30. The number of hydrogen-bond donors (Lipinski definition) is 2. The average molecular weight is 274 g/mol. The van der Waals surface area contributed by atoms with Gasteiger partial charge in [-0.1, -0.05) is 6.07 Å². The third-order valence-corrected chi connectivity index (χ3v) is 2.66. The minimum Gasteiger partial charge on any atom is -0.478 e. The van der Waals surface area contributed by atoms with Gasteiger partial charge < -0.3 is 10.4 Å². The lowest BCUT2D eigenvalue weighted by Gasteiger charge is -2.07. The number of nitrogens with one attached hydrogen (secondary N) is 1. The Bertz CT molecular complexity index is 686. The zero-order chi connectivity index (χ0) is 14.7. The molecular formula is C14H11FN2O3. The number of carboxylic acid groups (broad SMARTS) is 1. The largest absolute Gasteiger partial charge is 0.478 e. The van der Waals surface area contributed by atoms with Crippen molar-refractivity contribution in [2.24, 2.45) is 0 Å². The fourth-order valence-corrected chi connectivity index (χ4v) is 1.71. The Hall–Kier alpha value is -2.76. The molecular weight excluding hydrogens is 263 g/mol. The van der Waals surface area contributed by atoms with Crippen molar-refractivity contribution in [3.05, 3.63) is 59.2 Å². The third kappa shape index (κ3) is 2.97. The molecule has 5 nitrogen and oxygen atoms in total. The van der Waals surface area contributed by atoms with E-state index < -0.39 is 17.8 Å². The molecule has 0 aliphatic carbocycles. The molecule has 0 saturated carbocycles. The van der Waals surface area contributed by atoms with Crippen molar-refractivity contribution in [3.63, 3.8) is 0 Å². The standard InChI is InChI=1S/C14H11FN2O3/c1-8-7-9(5-6-10(8)14(19)20)16-13(18)11-3-2-4-12(15)17-11/h2-7H,1H3,(H,16,18)(H,19,20). The Kier molecular flexibility index (Phi) is 3.74. The zero-order valence-corrected chi connectivity index (χ0v) is 10.6. The summed E-state index contributed by atoms with van der Waals surface area (Å²) in [7, 11) is 0. The Morgan fingerprint density at radius 1 is 1.25 bits per heavy atom. The number of rotatable bonds is 3. The molecule has 0 atom stereocenters. The summed E-state index contributed by atoms with van der Waals surface area (Å²) in [5.74, 6) is -2.34. The van der Waals surface area contributed by atoms with Gasteiger partial charge in [-0.3, -0.25) is 4.79 Å². The average Bonchev–Trinajstić information content (AvgIpc) is 2.38. The van der Waals surface area contributed by atoms with Gasteiger partial charge in [-0.15, -0.1) is 0 Å². The van der Waals surface area contributed by atoms with E-state index in [1.54, 1.807) is 6.92 Å². The van der Waals surface area contributed by atoms with Crippen LogP contribution in [0.4, 0.5) is 10.1 Å². The molecule has 102 valence electrons. The second-order valence-corrected chi connectivity index (χ2v) is 4.13. The molecule has 0 bridgehead atoms. The van der Waals surface area contributed by atoms with Crippen molar-refractivity contribution < 1.29 is 19.1 Å². The van der Waals surface area contributed by atoms with Gasteiger partial charge in [0.1, 0.15) is 5.69 Å². The number of nitrogens with zero attached hydrogens (tertiary/aromatic N) is 1. The molecule has 0 saturated heterocycles. The molecule has 6 heteroatoms. The monoisotopic (exact) mass is 274 g/mol. The van der Waals surface area contributed by atoms with Crippen molar-refractivity contribution in [1.82, 2.24) is 4.98 Å². The molecule has 0 aliphatic rings. The third-order valence-electron chi connectivity index (χ3n) is 2.66. The molecule has 0 unspecified atom stereocenters. The van der Waals surface area contributed by atoms with Crippen LogP contribution in [0.1, 0.15) is 26.4 Å². The predicted molar refractivity (Wildman–Crippen MR) is 70.3 cm³/mol. The highest BCUT2D eigenvalue weighted by molar-refractivity contribution is 6.03. The first-order chi connectivity index (χ1) is 9.47. The first-order valence-electron chi connectivity index (χ1n) is 5.75. The smallest absolute Gasteiger partial charge is 0.335 e. The Balaban J connectivity index is 2.20. The van der Waals surface area contributed by atoms with Gasteiger partial charge in [-0.25, -0.2) is 9.78 Å². The van der Waals surface area contributed by atoms with Gasteiger partial charge in [0.15, 0.2) is 0 Å². The molecule has 1 aromatic heterocycles. The van der Waals surface area contributed by atoms with Crippen LogP contribution >= 0.6 is 0 Å². The maximum Gasteiger partial charge on any atom is 0.335 e. The number of aromatic nitrogens is 1. The molecule has 1 aromatic carbocycles. The quantitative estimate of drug-likeness (QED) is 0.843. The van der Waals surface area contributed by atoms with Gasteiger partial charge in [0.05, 0.1) is 5.56 Å². The Morgan fingerprint density at radius 2 is 2.00 bits per heavy atom.